The molecule has 1 aliphatic carbocycles. The summed E-state index contributed by atoms with van der Waals surface area (Å²) in [4.78, 5) is 13.8. The topological polar surface area (TPSA) is 58.4 Å². The predicted molar refractivity (Wildman–Crippen MR) is 66.2 cm³/mol. The second-order valence-electron chi connectivity index (χ2n) is 4.89. The lowest BCUT2D eigenvalue weighted by Gasteiger charge is -2.24. The van der Waals surface area contributed by atoms with Crippen molar-refractivity contribution in [1.29, 1.82) is 0 Å². The van der Waals surface area contributed by atoms with E-state index in [0.717, 1.165) is 19.3 Å². The fraction of sp³-hybridized carbons (Fsp3) is 0.917. The summed E-state index contributed by atoms with van der Waals surface area (Å²) in [6.07, 6.45) is 5.74. The highest BCUT2D eigenvalue weighted by molar-refractivity contribution is 5.78. The van der Waals surface area contributed by atoms with E-state index in [2.05, 4.69) is 17.1 Å². The van der Waals surface area contributed by atoms with Crippen molar-refractivity contribution in [3.63, 3.8) is 0 Å². The van der Waals surface area contributed by atoms with Crippen molar-refractivity contribution in [2.75, 3.05) is 20.1 Å². The molecular formula is C12H25N3O. The number of rotatable bonds is 6. The zero-order chi connectivity index (χ0) is 12.0. The van der Waals surface area contributed by atoms with Gasteiger partial charge >= 0.3 is 0 Å². The van der Waals surface area contributed by atoms with Gasteiger partial charge in [0.2, 0.25) is 5.91 Å². The van der Waals surface area contributed by atoms with Gasteiger partial charge in [0.05, 0.1) is 6.54 Å². The summed E-state index contributed by atoms with van der Waals surface area (Å²) in [7, 11) is 1.98. The quantitative estimate of drug-likeness (QED) is 0.703. The maximum atomic E-state index is 11.7. The van der Waals surface area contributed by atoms with E-state index in [1.807, 2.05) is 7.05 Å². The zero-order valence-electron chi connectivity index (χ0n) is 10.5. The van der Waals surface area contributed by atoms with Crippen LogP contribution in [0, 0.1) is 0 Å². The van der Waals surface area contributed by atoms with E-state index < -0.39 is 0 Å². The predicted octanol–water partition coefficient (Wildman–Crippen LogP) is 0.714. The lowest BCUT2D eigenvalue weighted by Crippen LogP contribution is -2.43. The van der Waals surface area contributed by atoms with Gasteiger partial charge in [0.1, 0.15) is 0 Å². The number of amides is 1. The first-order valence-corrected chi connectivity index (χ1v) is 6.33. The maximum absolute atomic E-state index is 11.7. The second-order valence-corrected chi connectivity index (χ2v) is 4.89. The average molecular weight is 227 g/mol. The van der Waals surface area contributed by atoms with Crippen LogP contribution in [0.4, 0.5) is 0 Å². The van der Waals surface area contributed by atoms with Gasteiger partial charge in [-0.3, -0.25) is 9.69 Å². The van der Waals surface area contributed by atoms with E-state index in [1.165, 1.54) is 12.8 Å². The molecule has 1 atom stereocenters. The van der Waals surface area contributed by atoms with Gasteiger partial charge in [-0.25, -0.2) is 0 Å². The van der Waals surface area contributed by atoms with Crippen molar-refractivity contribution in [3.8, 4) is 0 Å². The van der Waals surface area contributed by atoms with E-state index in [9.17, 15) is 4.79 Å². The molecule has 0 aliphatic heterocycles. The summed E-state index contributed by atoms with van der Waals surface area (Å²) in [5.74, 6) is 0.151. The van der Waals surface area contributed by atoms with Gasteiger partial charge in [-0.1, -0.05) is 12.8 Å². The molecule has 1 unspecified atom stereocenters. The van der Waals surface area contributed by atoms with Crippen molar-refractivity contribution in [2.45, 2.75) is 51.1 Å². The average Bonchev–Trinajstić information content (AvgIpc) is 2.70. The van der Waals surface area contributed by atoms with E-state index in [0.29, 0.717) is 25.2 Å². The van der Waals surface area contributed by atoms with Crippen LogP contribution in [0.1, 0.15) is 39.0 Å². The first kappa shape index (κ1) is 13.5. The van der Waals surface area contributed by atoms with E-state index in [1.54, 1.807) is 0 Å². The minimum Gasteiger partial charge on any atom is -0.352 e. The van der Waals surface area contributed by atoms with E-state index in [-0.39, 0.29) is 5.91 Å². The zero-order valence-corrected chi connectivity index (χ0v) is 10.5. The lowest BCUT2D eigenvalue weighted by molar-refractivity contribution is -0.123. The number of nitrogens with one attached hydrogen (secondary N) is 1. The van der Waals surface area contributed by atoms with Gasteiger partial charge in [0, 0.05) is 12.1 Å². The minimum absolute atomic E-state index is 0.151. The molecule has 0 aromatic carbocycles. The number of carbonyl (C=O) groups is 1. The molecule has 1 aliphatic rings. The maximum Gasteiger partial charge on any atom is 0.234 e. The Morgan fingerprint density at radius 3 is 2.69 bits per heavy atom. The Kier molecular flexibility index (Phi) is 5.77. The molecule has 0 aromatic rings. The highest BCUT2D eigenvalue weighted by Gasteiger charge is 2.18. The number of hydrogen-bond donors (Lipinski definition) is 2. The molecule has 3 N–H and O–H groups in total. The van der Waals surface area contributed by atoms with Crippen molar-refractivity contribution in [2.24, 2.45) is 5.73 Å². The fourth-order valence-corrected chi connectivity index (χ4v) is 2.19. The Labute approximate surface area is 98.6 Å². The Hall–Kier alpha value is -0.610. The second kappa shape index (κ2) is 6.86. The summed E-state index contributed by atoms with van der Waals surface area (Å²) >= 11 is 0. The highest BCUT2D eigenvalue weighted by atomic mass is 16.2. The van der Waals surface area contributed by atoms with Crippen LogP contribution in [0.15, 0.2) is 0 Å². The van der Waals surface area contributed by atoms with Crippen LogP contribution >= 0.6 is 0 Å². The summed E-state index contributed by atoms with van der Waals surface area (Å²) in [6, 6.07) is 0.796. The van der Waals surface area contributed by atoms with Gasteiger partial charge in [-0.2, -0.15) is 0 Å². The van der Waals surface area contributed by atoms with Crippen molar-refractivity contribution in [1.82, 2.24) is 10.2 Å². The summed E-state index contributed by atoms with van der Waals surface area (Å²) < 4.78 is 0. The number of hydrogen-bond acceptors (Lipinski definition) is 3. The molecular weight excluding hydrogens is 202 g/mol. The number of nitrogens with two attached hydrogens (primary N) is 1. The molecule has 0 bridgehead atoms. The number of likely N-dealkylation sites (N-methyl/N-ethyl adjacent to an activating group) is 1. The van der Waals surface area contributed by atoms with Crippen LogP contribution in [0.3, 0.4) is 0 Å². The van der Waals surface area contributed by atoms with Crippen molar-refractivity contribution < 1.29 is 4.79 Å². The van der Waals surface area contributed by atoms with E-state index in [4.69, 9.17) is 5.73 Å². The summed E-state index contributed by atoms with van der Waals surface area (Å²) in [5.41, 5.74) is 5.50. The third kappa shape index (κ3) is 4.49. The Morgan fingerprint density at radius 1 is 1.50 bits per heavy atom. The van der Waals surface area contributed by atoms with Gasteiger partial charge in [-0.15, -0.1) is 0 Å². The number of carbonyl (C=O) groups excluding carboxylic acids is 1. The molecule has 0 heterocycles. The first-order valence-electron chi connectivity index (χ1n) is 6.33. The van der Waals surface area contributed by atoms with Gasteiger partial charge in [0.25, 0.3) is 0 Å². The molecule has 16 heavy (non-hydrogen) atoms. The summed E-state index contributed by atoms with van der Waals surface area (Å²) in [5, 5.41) is 3.09. The molecule has 1 amide bonds. The summed E-state index contributed by atoms with van der Waals surface area (Å²) in [6.45, 7) is 3.27. The van der Waals surface area contributed by atoms with Gasteiger partial charge in [0.15, 0.2) is 0 Å². The molecule has 94 valence electrons. The van der Waals surface area contributed by atoms with Crippen molar-refractivity contribution in [3.05, 3.63) is 0 Å². The van der Waals surface area contributed by atoms with Crippen LogP contribution in [-0.4, -0.2) is 43.0 Å². The van der Waals surface area contributed by atoms with Crippen molar-refractivity contribution >= 4 is 5.91 Å². The van der Waals surface area contributed by atoms with Gasteiger partial charge in [-0.05, 0) is 39.8 Å². The minimum atomic E-state index is 0.151. The highest BCUT2D eigenvalue weighted by Crippen LogP contribution is 2.17. The number of nitrogens with zero attached hydrogens (tertiary/aromatic N) is 1. The smallest absolute Gasteiger partial charge is 0.234 e. The molecule has 0 spiro atoms. The van der Waals surface area contributed by atoms with Crippen LogP contribution in [0.2, 0.25) is 0 Å². The van der Waals surface area contributed by atoms with Crippen LogP contribution in [0.5, 0.6) is 0 Å². The standard InChI is InChI=1S/C12H25N3O/c1-10(7-8-13)15(2)9-12(16)14-11-5-3-4-6-11/h10-11H,3-9,13H2,1-2H3,(H,14,16). The van der Waals surface area contributed by atoms with Gasteiger partial charge < -0.3 is 11.1 Å². The largest absolute Gasteiger partial charge is 0.352 e. The molecule has 0 aromatic heterocycles. The molecule has 4 heteroatoms. The third-order valence-corrected chi connectivity index (χ3v) is 3.45. The molecule has 0 saturated heterocycles. The first-order chi connectivity index (χ1) is 7.63. The monoisotopic (exact) mass is 227 g/mol. The molecule has 1 fully saturated rings. The lowest BCUT2D eigenvalue weighted by atomic mass is 10.2. The normalized spacial score (nSPS) is 19.0. The molecule has 1 saturated carbocycles. The molecule has 1 rings (SSSR count). The van der Waals surface area contributed by atoms with Crippen LogP contribution in [0.25, 0.3) is 0 Å². The third-order valence-electron chi connectivity index (χ3n) is 3.45. The fourth-order valence-electron chi connectivity index (χ4n) is 2.19. The Balaban J connectivity index is 2.21. The Bertz CT molecular complexity index is 214. The van der Waals surface area contributed by atoms with Crippen LogP contribution < -0.4 is 11.1 Å². The van der Waals surface area contributed by atoms with Crippen LogP contribution in [-0.2, 0) is 4.79 Å². The SMILES string of the molecule is CC(CCN)N(C)CC(=O)NC1CCCC1. The van der Waals surface area contributed by atoms with E-state index >= 15 is 0 Å². The Morgan fingerprint density at radius 2 is 2.12 bits per heavy atom. The molecule has 0 radical (unpaired) electrons. The molecule has 4 nitrogen and oxygen atoms in total.